The second kappa shape index (κ2) is 9.87. The van der Waals surface area contributed by atoms with E-state index >= 15 is 0 Å². The molecule has 0 spiro atoms. The molecule has 7 heteroatoms. The number of halogens is 1. The average molecular weight is 449 g/mol. The van der Waals surface area contributed by atoms with Crippen LogP contribution in [0.3, 0.4) is 0 Å². The lowest BCUT2D eigenvalue weighted by Crippen LogP contribution is -2.36. The van der Waals surface area contributed by atoms with Crippen molar-refractivity contribution in [1.82, 2.24) is 14.9 Å². The fraction of sp³-hybridized carbons (Fsp3) is 0.476. The number of aryl methyl sites for hydroxylation is 2. The molecule has 1 saturated heterocycles. The number of carbonyl (C=O) groups excluding carboxylic acids is 1. The standard InChI is InChI=1S/C15H23N3O2.C6H6BrN/c1-11-9-12(5-7-16-11)17-13-6-8-18(10-13)14(19)20-15(2,3)4;1-5-4-6(7)2-3-8-5/h5,7,9,13H,6,8,10H2,1-4H3,(H,16,17);2-4H,1H3/t13-;/m0./s1. The molecule has 0 unspecified atom stereocenters. The van der Waals surface area contributed by atoms with Crippen LogP contribution in [0.4, 0.5) is 10.5 Å². The van der Waals surface area contributed by atoms with Gasteiger partial charge in [-0.1, -0.05) is 15.9 Å². The maximum atomic E-state index is 12.0. The van der Waals surface area contributed by atoms with E-state index in [1.807, 2.05) is 58.9 Å². The largest absolute Gasteiger partial charge is 0.444 e. The highest BCUT2D eigenvalue weighted by atomic mass is 79.9. The Hall–Kier alpha value is -2.15. The minimum atomic E-state index is -0.440. The molecule has 6 nitrogen and oxygen atoms in total. The first kappa shape index (κ1) is 22.1. The summed E-state index contributed by atoms with van der Waals surface area (Å²) < 4.78 is 6.48. The van der Waals surface area contributed by atoms with Gasteiger partial charge in [0.1, 0.15) is 5.60 Å². The number of anilines is 1. The molecule has 1 fully saturated rings. The van der Waals surface area contributed by atoms with Crippen LogP contribution in [0.25, 0.3) is 0 Å². The molecule has 2 aromatic heterocycles. The van der Waals surface area contributed by atoms with Crippen LogP contribution in [-0.2, 0) is 4.74 Å². The lowest BCUT2D eigenvalue weighted by molar-refractivity contribution is 0.0293. The zero-order valence-electron chi connectivity index (χ0n) is 17.2. The Bertz CT molecular complexity index is 775. The SMILES string of the molecule is Cc1cc(Br)ccn1.Cc1cc(N[C@H]2CCN(C(=O)OC(C)(C)C)C2)ccn1. The molecule has 3 heterocycles. The summed E-state index contributed by atoms with van der Waals surface area (Å²) in [6.45, 7) is 11.0. The Balaban J connectivity index is 0.000000292. The maximum absolute atomic E-state index is 12.0. The van der Waals surface area contributed by atoms with E-state index in [0.717, 1.165) is 34.5 Å². The first-order valence-electron chi connectivity index (χ1n) is 9.37. The second-order valence-corrected chi connectivity index (χ2v) is 8.77. The fourth-order valence-corrected chi connectivity index (χ4v) is 3.20. The number of rotatable bonds is 2. The number of pyridine rings is 2. The van der Waals surface area contributed by atoms with Crippen LogP contribution in [0.1, 0.15) is 38.6 Å². The van der Waals surface area contributed by atoms with Crippen LogP contribution < -0.4 is 5.32 Å². The number of hydrogen-bond donors (Lipinski definition) is 1. The van der Waals surface area contributed by atoms with Crippen molar-refractivity contribution in [3.8, 4) is 0 Å². The van der Waals surface area contributed by atoms with Crippen LogP contribution in [0, 0.1) is 13.8 Å². The van der Waals surface area contributed by atoms with Gasteiger partial charge in [-0.2, -0.15) is 0 Å². The highest BCUT2D eigenvalue weighted by Crippen LogP contribution is 2.18. The van der Waals surface area contributed by atoms with Crippen molar-refractivity contribution in [2.24, 2.45) is 0 Å². The van der Waals surface area contributed by atoms with Gasteiger partial charge in [0.05, 0.1) is 0 Å². The molecule has 1 aliphatic heterocycles. The van der Waals surface area contributed by atoms with Gasteiger partial charge < -0.3 is 15.0 Å². The number of ether oxygens (including phenoxy) is 1. The Kier molecular flexibility index (Phi) is 7.80. The van der Waals surface area contributed by atoms with Gasteiger partial charge in [-0.05, 0) is 65.3 Å². The molecule has 28 heavy (non-hydrogen) atoms. The molecule has 1 amide bonds. The van der Waals surface area contributed by atoms with Gasteiger partial charge in [0.15, 0.2) is 0 Å². The van der Waals surface area contributed by atoms with E-state index in [9.17, 15) is 4.79 Å². The highest BCUT2D eigenvalue weighted by molar-refractivity contribution is 9.10. The molecule has 0 aliphatic carbocycles. The van der Waals surface area contributed by atoms with Crippen molar-refractivity contribution in [2.75, 3.05) is 18.4 Å². The van der Waals surface area contributed by atoms with Crippen molar-refractivity contribution in [3.63, 3.8) is 0 Å². The van der Waals surface area contributed by atoms with Gasteiger partial charge >= 0.3 is 6.09 Å². The lowest BCUT2D eigenvalue weighted by atomic mass is 10.2. The van der Waals surface area contributed by atoms with Gasteiger partial charge in [-0.3, -0.25) is 9.97 Å². The lowest BCUT2D eigenvalue weighted by Gasteiger charge is -2.24. The van der Waals surface area contributed by atoms with E-state index in [1.54, 1.807) is 17.3 Å². The minimum Gasteiger partial charge on any atom is -0.444 e. The molecule has 0 aromatic carbocycles. The molecule has 3 rings (SSSR count). The molecule has 0 radical (unpaired) electrons. The predicted octanol–water partition coefficient (Wildman–Crippen LogP) is 4.96. The smallest absolute Gasteiger partial charge is 0.410 e. The molecule has 1 aliphatic rings. The Morgan fingerprint density at radius 1 is 1.18 bits per heavy atom. The summed E-state index contributed by atoms with van der Waals surface area (Å²) in [6.07, 6.45) is 4.27. The third-order valence-electron chi connectivity index (χ3n) is 3.97. The Morgan fingerprint density at radius 3 is 2.36 bits per heavy atom. The number of nitrogens with zero attached hydrogens (tertiary/aromatic N) is 3. The summed E-state index contributed by atoms with van der Waals surface area (Å²) >= 11 is 3.32. The molecule has 0 saturated carbocycles. The molecule has 152 valence electrons. The monoisotopic (exact) mass is 448 g/mol. The summed E-state index contributed by atoms with van der Waals surface area (Å²) in [5.74, 6) is 0. The summed E-state index contributed by atoms with van der Waals surface area (Å²) in [5.41, 5.74) is 2.63. The van der Waals surface area contributed by atoms with Gasteiger partial charge in [0, 0.05) is 53.1 Å². The van der Waals surface area contributed by atoms with Crippen LogP contribution in [-0.4, -0.2) is 45.7 Å². The Morgan fingerprint density at radius 2 is 1.82 bits per heavy atom. The normalized spacial score (nSPS) is 16.2. The number of likely N-dealkylation sites (tertiary alicyclic amines) is 1. The second-order valence-electron chi connectivity index (χ2n) is 7.86. The molecular formula is C21H29BrN4O2. The predicted molar refractivity (Wildman–Crippen MR) is 115 cm³/mol. The van der Waals surface area contributed by atoms with Crippen molar-refractivity contribution in [3.05, 3.63) is 52.5 Å². The summed E-state index contributed by atoms with van der Waals surface area (Å²) in [6, 6.07) is 8.11. The van der Waals surface area contributed by atoms with E-state index in [4.69, 9.17) is 4.74 Å². The number of amides is 1. The number of hydrogen-bond acceptors (Lipinski definition) is 5. The van der Waals surface area contributed by atoms with Crippen molar-refractivity contribution < 1.29 is 9.53 Å². The minimum absolute atomic E-state index is 0.229. The highest BCUT2D eigenvalue weighted by Gasteiger charge is 2.29. The topological polar surface area (TPSA) is 67.4 Å². The summed E-state index contributed by atoms with van der Waals surface area (Å²) in [4.78, 5) is 21.9. The quantitative estimate of drug-likeness (QED) is 0.702. The van der Waals surface area contributed by atoms with Crippen molar-refractivity contribution in [2.45, 2.75) is 52.7 Å². The van der Waals surface area contributed by atoms with Gasteiger partial charge in [-0.15, -0.1) is 0 Å². The fourth-order valence-electron chi connectivity index (χ4n) is 2.75. The molecular weight excluding hydrogens is 420 g/mol. The summed E-state index contributed by atoms with van der Waals surface area (Å²) in [5, 5.41) is 3.44. The van der Waals surface area contributed by atoms with E-state index in [0.29, 0.717) is 6.54 Å². The van der Waals surface area contributed by atoms with Gasteiger partial charge in [0.25, 0.3) is 0 Å². The van der Waals surface area contributed by atoms with Crippen molar-refractivity contribution >= 4 is 27.7 Å². The first-order valence-corrected chi connectivity index (χ1v) is 10.2. The van der Waals surface area contributed by atoms with E-state index in [-0.39, 0.29) is 12.1 Å². The zero-order chi connectivity index (χ0) is 20.7. The van der Waals surface area contributed by atoms with Crippen LogP contribution in [0.5, 0.6) is 0 Å². The first-order chi connectivity index (χ1) is 13.1. The van der Waals surface area contributed by atoms with Crippen molar-refractivity contribution in [1.29, 1.82) is 0 Å². The third kappa shape index (κ3) is 7.84. The Labute approximate surface area is 175 Å². The third-order valence-corrected chi connectivity index (χ3v) is 4.46. The molecule has 1 N–H and O–H groups in total. The maximum Gasteiger partial charge on any atom is 0.410 e. The number of nitrogens with one attached hydrogen (secondary N) is 1. The van der Waals surface area contributed by atoms with Crippen LogP contribution in [0.2, 0.25) is 0 Å². The average Bonchev–Trinajstić information content (AvgIpc) is 3.02. The van der Waals surface area contributed by atoms with E-state index in [2.05, 4.69) is 31.2 Å². The van der Waals surface area contributed by atoms with Crippen LogP contribution in [0.15, 0.2) is 41.1 Å². The molecule has 1 atom stereocenters. The van der Waals surface area contributed by atoms with E-state index < -0.39 is 5.60 Å². The summed E-state index contributed by atoms with van der Waals surface area (Å²) in [7, 11) is 0. The number of carbonyl (C=O) groups is 1. The van der Waals surface area contributed by atoms with E-state index in [1.165, 1.54) is 0 Å². The molecule has 2 aromatic rings. The number of aromatic nitrogens is 2. The van der Waals surface area contributed by atoms with Gasteiger partial charge in [-0.25, -0.2) is 4.79 Å². The van der Waals surface area contributed by atoms with Gasteiger partial charge in [0.2, 0.25) is 0 Å². The van der Waals surface area contributed by atoms with Crippen LogP contribution >= 0.6 is 15.9 Å². The zero-order valence-corrected chi connectivity index (χ0v) is 18.8. The molecule has 0 bridgehead atoms.